The van der Waals surface area contributed by atoms with Gasteiger partial charge in [-0.2, -0.15) is 0 Å². The first-order valence-corrected chi connectivity index (χ1v) is 11.6. The molecule has 1 aliphatic carbocycles. The predicted octanol–water partition coefficient (Wildman–Crippen LogP) is 1.18. The van der Waals surface area contributed by atoms with E-state index in [2.05, 4.69) is 16.0 Å². The molecule has 8 nitrogen and oxygen atoms in total. The van der Waals surface area contributed by atoms with Gasteiger partial charge in [0.15, 0.2) is 0 Å². The van der Waals surface area contributed by atoms with Gasteiger partial charge in [-0.15, -0.1) is 0 Å². The molecule has 10 heteroatoms. The molecule has 0 bridgehead atoms. The maximum atomic E-state index is 13.2. The standard InChI is InChI=1S/C25H28F2N4O4/c26-18-5-1-16(2-6-18)20-13-21(20)28-15-23(32)29-14-22(25(34)31-9-11-35-12-10-31)30-24(33)17-3-7-19(27)8-4-17/h1-8,20-22,28H,9-15H2,(H,29,32)(H,30,33). The molecule has 1 heterocycles. The average molecular weight is 487 g/mol. The number of rotatable bonds is 9. The minimum Gasteiger partial charge on any atom is -0.378 e. The topological polar surface area (TPSA) is 99.8 Å². The second kappa shape index (κ2) is 11.4. The van der Waals surface area contributed by atoms with Crippen LogP contribution in [-0.2, 0) is 14.3 Å². The van der Waals surface area contributed by atoms with Gasteiger partial charge >= 0.3 is 0 Å². The van der Waals surface area contributed by atoms with E-state index in [4.69, 9.17) is 4.74 Å². The molecule has 2 aromatic rings. The number of halogens is 2. The van der Waals surface area contributed by atoms with E-state index in [0.29, 0.717) is 26.3 Å². The van der Waals surface area contributed by atoms with Crippen molar-refractivity contribution >= 4 is 17.7 Å². The van der Waals surface area contributed by atoms with Crippen LogP contribution in [-0.4, -0.2) is 74.1 Å². The van der Waals surface area contributed by atoms with Crippen LogP contribution in [0.25, 0.3) is 0 Å². The van der Waals surface area contributed by atoms with E-state index < -0.39 is 17.8 Å². The largest absolute Gasteiger partial charge is 0.378 e. The van der Waals surface area contributed by atoms with E-state index in [1.54, 1.807) is 17.0 Å². The minimum absolute atomic E-state index is 0.0483. The van der Waals surface area contributed by atoms with Gasteiger partial charge < -0.3 is 25.6 Å². The summed E-state index contributed by atoms with van der Waals surface area (Å²) in [5.41, 5.74) is 1.23. The molecule has 3 amide bonds. The first-order chi connectivity index (χ1) is 16.9. The Labute approximate surface area is 202 Å². The fourth-order valence-electron chi connectivity index (χ4n) is 4.05. The smallest absolute Gasteiger partial charge is 0.251 e. The Morgan fingerprint density at radius 1 is 0.971 bits per heavy atom. The lowest BCUT2D eigenvalue weighted by molar-refractivity contribution is -0.137. The van der Waals surface area contributed by atoms with Crippen molar-refractivity contribution in [2.45, 2.75) is 24.4 Å². The Bertz CT molecular complexity index is 1040. The van der Waals surface area contributed by atoms with E-state index in [9.17, 15) is 23.2 Å². The molecule has 2 aromatic carbocycles. The summed E-state index contributed by atoms with van der Waals surface area (Å²) in [6, 6.07) is 10.5. The molecule has 1 saturated carbocycles. The molecule has 3 atom stereocenters. The van der Waals surface area contributed by atoms with Crippen molar-refractivity contribution in [1.29, 1.82) is 0 Å². The van der Waals surface area contributed by atoms with Crippen LogP contribution in [0, 0.1) is 11.6 Å². The van der Waals surface area contributed by atoms with Crippen LogP contribution in [0.5, 0.6) is 0 Å². The average Bonchev–Trinajstić information content (AvgIpc) is 3.66. The number of amides is 3. The molecule has 186 valence electrons. The summed E-state index contributed by atoms with van der Waals surface area (Å²) in [5.74, 6) is -1.70. The van der Waals surface area contributed by atoms with Crippen LogP contribution >= 0.6 is 0 Å². The summed E-state index contributed by atoms with van der Waals surface area (Å²) in [7, 11) is 0. The van der Waals surface area contributed by atoms with Gasteiger partial charge in [-0.25, -0.2) is 8.78 Å². The lowest BCUT2D eigenvalue weighted by atomic mass is 10.1. The summed E-state index contributed by atoms with van der Waals surface area (Å²) in [6.07, 6.45) is 0.852. The number of benzene rings is 2. The Kier molecular flexibility index (Phi) is 8.04. The Hall–Kier alpha value is -3.37. The van der Waals surface area contributed by atoms with Crippen LogP contribution in [0.2, 0.25) is 0 Å². The number of morpholine rings is 1. The number of hydrogen-bond donors (Lipinski definition) is 3. The van der Waals surface area contributed by atoms with Crippen LogP contribution in [0.15, 0.2) is 48.5 Å². The third-order valence-corrected chi connectivity index (χ3v) is 6.15. The van der Waals surface area contributed by atoms with E-state index in [1.807, 2.05) is 0 Å². The fourth-order valence-corrected chi connectivity index (χ4v) is 4.05. The Balaban J connectivity index is 1.29. The number of nitrogens with one attached hydrogen (secondary N) is 3. The van der Waals surface area contributed by atoms with E-state index in [0.717, 1.165) is 24.1 Å². The molecule has 0 spiro atoms. The molecular formula is C25H28F2N4O4. The van der Waals surface area contributed by atoms with Gasteiger partial charge in [-0.3, -0.25) is 14.4 Å². The monoisotopic (exact) mass is 486 g/mol. The third kappa shape index (κ3) is 6.83. The van der Waals surface area contributed by atoms with Crippen molar-refractivity contribution < 1.29 is 27.9 Å². The Morgan fingerprint density at radius 2 is 1.60 bits per heavy atom. The predicted molar refractivity (Wildman–Crippen MR) is 124 cm³/mol. The second-order valence-corrected chi connectivity index (χ2v) is 8.66. The molecule has 3 unspecified atom stereocenters. The zero-order valence-electron chi connectivity index (χ0n) is 19.1. The highest BCUT2D eigenvalue weighted by molar-refractivity contribution is 5.97. The molecule has 3 N–H and O–H groups in total. The highest BCUT2D eigenvalue weighted by atomic mass is 19.1. The number of nitrogens with zero attached hydrogens (tertiary/aromatic N) is 1. The lowest BCUT2D eigenvalue weighted by Crippen LogP contribution is -2.56. The lowest BCUT2D eigenvalue weighted by Gasteiger charge is -2.30. The summed E-state index contributed by atoms with van der Waals surface area (Å²) >= 11 is 0. The highest BCUT2D eigenvalue weighted by Crippen LogP contribution is 2.40. The quantitative estimate of drug-likeness (QED) is 0.495. The number of ether oxygens (including phenoxy) is 1. The van der Waals surface area contributed by atoms with Gasteiger partial charge in [0.25, 0.3) is 5.91 Å². The summed E-state index contributed by atoms with van der Waals surface area (Å²) in [6.45, 7) is 1.55. The maximum Gasteiger partial charge on any atom is 0.251 e. The van der Waals surface area contributed by atoms with E-state index >= 15 is 0 Å². The van der Waals surface area contributed by atoms with Gasteiger partial charge in [0.2, 0.25) is 11.8 Å². The number of carbonyl (C=O) groups excluding carboxylic acids is 3. The number of carbonyl (C=O) groups is 3. The molecular weight excluding hydrogens is 458 g/mol. The van der Waals surface area contributed by atoms with Crippen molar-refractivity contribution in [3.05, 3.63) is 71.3 Å². The first-order valence-electron chi connectivity index (χ1n) is 11.6. The molecule has 0 aromatic heterocycles. The van der Waals surface area contributed by atoms with Gasteiger partial charge in [0, 0.05) is 37.2 Å². The first kappa shape index (κ1) is 24.7. The van der Waals surface area contributed by atoms with Crippen molar-refractivity contribution in [2.24, 2.45) is 0 Å². The van der Waals surface area contributed by atoms with Gasteiger partial charge in [0.1, 0.15) is 17.7 Å². The van der Waals surface area contributed by atoms with Gasteiger partial charge in [-0.05, 0) is 48.4 Å². The van der Waals surface area contributed by atoms with E-state index in [-0.39, 0.29) is 48.2 Å². The molecule has 0 radical (unpaired) electrons. The van der Waals surface area contributed by atoms with Crippen LogP contribution in [0.4, 0.5) is 8.78 Å². The van der Waals surface area contributed by atoms with Crippen LogP contribution in [0.3, 0.4) is 0 Å². The van der Waals surface area contributed by atoms with Crippen molar-refractivity contribution in [3.8, 4) is 0 Å². The zero-order chi connectivity index (χ0) is 24.8. The Morgan fingerprint density at radius 3 is 2.26 bits per heavy atom. The number of hydrogen-bond acceptors (Lipinski definition) is 5. The minimum atomic E-state index is -0.984. The third-order valence-electron chi connectivity index (χ3n) is 6.15. The second-order valence-electron chi connectivity index (χ2n) is 8.66. The van der Waals surface area contributed by atoms with Crippen LogP contribution in [0.1, 0.15) is 28.3 Å². The fraction of sp³-hybridized carbons (Fsp3) is 0.400. The van der Waals surface area contributed by atoms with Gasteiger partial charge in [-0.1, -0.05) is 12.1 Å². The van der Waals surface area contributed by atoms with E-state index in [1.165, 1.54) is 24.3 Å². The molecule has 35 heavy (non-hydrogen) atoms. The molecule has 2 aliphatic rings. The molecule has 1 saturated heterocycles. The van der Waals surface area contributed by atoms with Crippen molar-refractivity contribution in [2.75, 3.05) is 39.4 Å². The SMILES string of the molecule is O=C(CNC1CC1c1ccc(F)cc1)NCC(NC(=O)c1ccc(F)cc1)C(=O)N1CCOCC1. The zero-order valence-corrected chi connectivity index (χ0v) is 19.1. The summed E-state index contributed by atoms with van der Waals surface area (Å²) in [5, 5.41) is 8.53. The van der Waals surface area contributed by atoms with Gasteiger partial charge in [0.05, 0.1) is 19.8 Å². The van der Waals surface area contributed by atoms with Crippen molar-refractivity contribution in [1.82, 2.24) is 20.9 Å². The maximum absolute atomic E-state index is 13.2. The summed E-state index contributed by atoms with van der Waals surface area (Å²) < 4.78 is 31.6. The molecule has 4 rings (SSSR count). The van der Waals surface area contributed by atoms with Crippen LogP contribution < -0.4 is 16.0 Å². The molecule has 2 fully saturated rings. The summed E-state index contributed by atoms with van der Waals surface area (Å²) in [4.78, 5) is 39.7. The normalized spacial score (nSPS) is 20.1. The molecule has 1 aliphatic heterocycles. The van der Waals surface area contributed by atoms with Crippen molar-refractivity contribution in [3.63, 3.8) is 0 Å². The highest BCUT2D eigenvalue weighted by Gasteiger charge is 2.38.